The minimum Gasteiger partial charge on any atom is -0.546 e. The molecule has 0 saturated heterocycles. The van der Waals surface area contributed by atoms with Crippen molar-refractivity contribution in [2.45, 2.75) is 6.92 Å². The highest BCUT2D eigenvalue weighted by Crippen LogP contribution is 2.28. The van der Waals surface area contributed by atoms with E-state index in [9.17, 15) is 19.5 Å². The van der Waals surface area contributed by atoms with E-state index in [1.807, 2.05) is 0 Å². The number of nitrogens with zero attached hydrogens (tertiary/aromatic N) is 1. The smallest absolute Gasteiger partial charge is 0.329 e. The molecule has 0 aliphatic heterocycles. The van der Waals surface area contributed by atoms with Gasteiger partial charge in [0.15, 0.2) is 11.5 Å². The van der Waals surface area contributed by atoms with E-state index >= 15 is 0 Å². The Morgan fingerprint density at radius 2 is 1.87 bits per heavy atom. The Labute approximate surface area is 172 Å². The van der Waals surface area contributed by atoms with E-state index in [1.165, 1.54) is 19.4 Å². The average Bonchev–Trinajstić information content (AvgIpc) is 2.73. The number of anilines is 1. The van der Waals surface area contributed by atoms with Gasteiger partial charge in [0.2, 0.25) is 0 Å². The van der Waals surface area contributed by atoms with Crippen molar-refractivity contribution in [3.63, 3.8) is 0 Å². The molecule has 0 heterocycles. The van der Waals surface area contributed by atoms with Gasteiger partial charge in [0.25, 0.3) is 0 Å². The summed E-state index contributed by atoms with van der Waals surface area (Å²) in [5.74, 6) is -2.18. The number of hydrazone groups is 1. The predicted molar refractivity (Wildman–Crippen MR) is 105 cm³/mol. The lowest BCUT2D eigenvalue weighted by Crippen LogP contribution is -2.32. The zero-order chi connectivity index (χ0) is 21.9. The van der Waals surface area contributed by atoms with Crippen LogP contribution in [0, 0.1) is 0 Å². The van der Waals surface area contributed by atoms with Gasteiger partial charge in [0.1, 0.15) is 12.4 Å². The zero-order valence-electron chi connectivity index (χ0n) is 16.3. The number of carboxylic acids is 1. The van der Waals surface area contributed by atoms with Gasteiger partial charge in [0.05, 0.1) is 25.9 Å². The van der Waals surface area contributed by atoms with Crippen LogP contribution in [0.1, 0.15) is 12.5 Å². The topological polar surface area (TPSA) is 138 Å². The maximum absolute atomic E-state index is 11.9. The Bertz CT molecular complexity index is 944. The van der Waals surface area contributed by atoms with Crippen molar-refractivity contribution >= 4 is 29.7 Å². The minimum absolute atomic E-state index is 0.222. The number of nitrogens with one attached hydrogen (secondary N) is 2. The lowest BCUT2D eigenvalue weighted by Gasteiger charge is -2.12. The molecule has 0 aliphatic rings. The summed E-state index contributed by atoms with van der Waals surface area (Å²) in [6, 6.07) is 11.1. The highest BCUT2D eigenvalue weighted by Gasteiger charge is 2.13. The molecule has 0 spiro atoms. The van der Waals surface area contributed by atoms with E-state index in [1.54, 1.807) is 43.3 Å². The molecular formula is C20H20N3O7-. The number of amides is 2. The van der Waals surface area contributed by atoms with Crippen molar-refractivity contribution in [2.24, 2.45) is 5.10 Å². The van der Waals surface area contributed by atoms with Gasteiger partial charge in [-0.1, -0.05) is 6.07 Å². The van der Waals surface area contributed by atoms with Gasteiger partial charge < -0.3 is 29.4 Å². The van der Waals surface area contributed by atoms with Crippen LogP contribution in [-0.2, 0) is 14.4 Å². The molecule has 2 rings (SSSR count). The van der Waals surface area contributed by atoms with Gasteiger partial charge >= 0.3 is 11.8 Å². The molecule has 0 fully saturated rings. The first-order valence-corrected chi connectivity index (χ1v) is 8.81. The Morgan fingerprint density at radius 1 is 1.07 bits per heavy atom. The summed E-state index contributed by atoms with van der Waals surface area (Å²) in [6.45, 7) is 1.46. The van der Waals surface area contributed by atoms with Gasteiger partial charge in [-0.2, -0.15) is 5.10 Å². The van der Waals surface area contributed by atoms with Gasteiger partial charge in [0, 0.05) is 11.8 Å². The molecule has 2 N–H and O–H groups in total. The molecule has 0 saturated carbocycles. The molecule has 0 atom stereocenters. The minimum atomic E-state index is -1.36. The number of hydrogen-bond acceptors (Lipinski definition) is 8. The van der Waals surface area contributed by atoms with Crippen LogP contribution in [0.15, 0.2) is 47.6 Å². The Morgan fingerprint density at radius 3 is 2.57 bits per heavy atom. The highest BCUT2D eigenvalue weighted by atomic mass is 16.5. The first-order chi connectivity index (χ1) is 14.4. The van der Waals surface area contributed by atoms with Crippen LogP contribution in [0.5, 0.6) is 17.2 Å². The van der Waals surface area contributed by atoms with Crippen molar-refractivity contribution < 1.29 is 33.7 Å². The summed E-state index contributed by atoms with van der Waals surface area (Å²) in [5.41, 5.74) is 3.03. The zero-order valence-corrected chi connectivity index (χ0v) is 16.3. The first-order valence-electron chi connectivity index (χ1n) is 8.81. The van der Waals surface area contributed by atoms with Crippen LogP contribution >= 0.6 is 0 Å². The van der Waals surface area contributed by atoms with Crippen molar-refractivity contribution in [1.29, 1.82) is 0 Å². The van der Waals surface area contributed by atoms with Crippen LogP contribution in [0.25, 0.3) is 0 Å². The molecular weight excluding hydrogens is 394 g/mol. The van der Waals surface area contributed by atoms with Crippen LogP contribution < -0.4 is 30.1 Å². The van der Waals surface area contributed by atoms with E-state index in [-0.39, 0.29) is 5.75 Å². The summed E-state index contributed by atoms with van der Waals surface area (Å²) in [6.07, 6.45) is 1.29. The fourth-order valence-electron chi connectivity index (χ4n) is 2.23. The Kier molecular flexibility index (Phi) is 8.18. The van der Waals surface area contributed by atoms with Gasteiger partial charge in [-0.3, -0.25) is 9.59 Å². The molecule has 10 nitrogen and oxygen atoms in total. The number of ether oxygens (including phenoxy) is 3. The van der Waals surface area contributed by atoms with E-state index in [0.29, 0.717) is 29.4 Å². The molecule has 0 bridgehead atoms. The second-order valence-electron chi connectivity index (χ2n) is 5.69. The third kappa shape index (κ3) is 6.82. The van der Waals surface area contributed by atoms with Gasteiger partial charge in [-0.05, 0) is 42.8 Å². The number of aliphatic carboxylic acids is 1. The Hall–Kier alpha value is -4.08. The highest BCUT2D eigenvalue weighted by molar-refractivity contribution is 6.39. The van der Waals surface area contributed by atoms with Gasteiger partial charge in [-0.15, -0.1) is 0 Å². The fourth-order valence-corrected chi connectivity index (χ4v) is 2.23. The number of hydrogen-bond donors (Lipinski definition) is 2. The molecule has 0 radical (unpaired) electrons. The molecule has 0 aromatic heterocycles. The quantitative estimate of drug-likeness (QED) is 0.342. The summed E-state index contributed by atoms with van der Waals surface area (Å²) >= 11 is 0. The molecule has 30 heavy (non-hydrogen) atoms. The predicted octanol–water partition coefficient (Wildman–Crippen LogP) is 0.311. The Balaban J connectivity index is 1.97. The van der Waals surface area contributed by atoms with Crippen molar-refractivity contribution in [1.82, 2.24) is 5.43 Å². The second kappa shape index (κ2) is 11.1. The number of rotatable bonds is 9. The molecule has 2 aromatic carbocycles. The number of carbonyl (C=O) groups excluding carboxylic acids is 3. The van der Waals surface area contributed by atoms with Crippen molar-refractivity contribution in [3.05, 3.63) is 48.0 Å². The second-order valence-corrected chi connectivity index (χ2v) is 5.69. The van der Waals surface area contributed by atoms with E-state index in [0.717, 1.165) is 0 Å². The summed E-state index contributed by atoms with van der Waals surface area (Å²) in [7, 11) is 1.49. The monoisotopic (exact) mass is 414 g/mol. The summed E-state index contributed by atoms with van der Waals surface area (Å²) in [4.78, 5) is 34.4. The third-order valence-corrected chi connectivity index (χ3v) is 3.53. The number of benzene rings is 2. The van der Waals surface area contributed by atoms with E-state index in [2.05, 4.69) is 15.8 Å². The maximum atomic E-state index is 11.9. The first kappa shape index (κ1) is 22.2. The third-order valence-electron chi connectivity index (χ3n) is 3.53. The molecule has 10 heteroatoms. The lowest BCUT2D eigenvalue weighted by atomic mass is 10.2. The van der Waals surface area contributed by atoms with E-state index in [4.69, 9.17) is 14.2 Å². The lowest BCUT2D eigenvalue weighted by molar-refractivity contribution is -0.307. The fraction of sp³-hybridized carbons (Fsp3) is 0.200. The van der Waals surface area contributed by atoms with Crippen LogP contribution in [0.2, 0.25) is 0 Å². The summed E-state index contributed by atoms with van der Waals surface area (Å²) < 4.78 is 15.5. The standard InChI is InChI=1S/C20H21N3O7/c1-3-29-17-9-13(7-8-16(17)30-12-18(24)25)11-21-23-20(27)19(26)22-14-5-4-6-15(10-14)28-2/h4-11H,3,12H2,1-2H3,(H,22,26)(H,23,27)(H,24,25)/p-1/b21-11-. The van der Waals surface area contributed by atoms with Crippen LogP contribution in [-0.4, -0.2) is 44.3 Å². The molecule has 2 amide bonds. The number of methoxy groups -OCH3 is 1. The molecule has 2 aromatic rings. The van der Waals surface area contributed by atoms with Crippen LogP contribution in [0.3, 0.4) is 0 Å². The normalized spacial score (nSPS) is 10.3. The van der Waals surface area contributed by atoms with Gasteiger partial charge in [-0.25, -0.2) is 5.43 Å². The summed E-state index contributed by atoms with van der Waals surface area (Å²) in [5, 5.41) is 16.7. The SMILES string of the molecule is CCOc1cc(/C=N\NC(=O)C(=O)Nc2cccc(OC)c2)ccc1OCC(=O)[O-]. The number of carbonyl (C=O) groups is 3. The average molecular weight is 414 g/mol. The molecule has 0 aliphatic carbocycles. The van der Waals surface area contributed by atoms with Crippen LogP contribution in [0.4, 0.5) is 5.69 Å². The number of carboxylic acid groups (broad SMARTS) is 1. The maximum Gasteiger partial charge on any atom is 0.329 e. The molecule has 158 valence electrons. The molecule has 0 unspecified atom stereocenters. The van der Waals surface area contributed by atoms with Crippen molar-refractivity contribution in [3.8, 4) is 17.2 Å². The van der Waals surface area contributed by atoms with E-state index < -0.39 is 24.4 Å². The van der Waals surface area contributed by atoms with Crippen molar-refractivity contribution in [2.75, 3.05) is 25.6 Å². The largest absolute Gasteiger partial charge is 0.546 e.